The molecule has 0 radical (unpaired) electrons. The molecule has 1 aliphatic heterocycles. The maximum absolute atomic E-state index is 12.9. The molecule has 2 atom stereocenters. The van der Waals surface area contributed by atoms with Gasteiger partial charge in [-0.05, 0) is 55.7 Å². The van der Waals surface area contributed by atoms with Crippen LogP contribution in [-0.4, -0.2) is 30.7 Å². The third-order valence-corrected chi connectivity index (χ3v) is 7.50. The van der Waals surface area contributed by atoms with Gasteiger partial charge >= 0.3 is 0 Å². The molecule has 0 bridgehead atoms. The van der Waals surface area contributed by atoms with Gasteiger partial charge in [0, 0.05) is 34.8 Å². The molecule has 36 heavy (non-hydrogen) atoms. The molecule has 1 aromatic heterocycles. The second-order valence-electron chi connectivity index (χ2n) is 9.53. The van der Waals surface area contributed by atoms with E-state index in [4.69, 9.17) is 25.8 Å². The van der Waals surface area contributed by atoms with E-state index in [1.54, 1.807) is 14.2 Å². The molecule has 0 unspecified atom stereocenters. The second kappa shape index (κ2) is 11.0. The van der Waals surface area contributed by atoms with E-state index in [1.165, 1.54) is 19.3 Å². The number of carbonyl (C=O) groups excluding carboxylic acids is 1. The molecule has 0 spiro atoms. The van der Waals surface area contributed by atoms with E-state index in [0.717, 1.165) is 35.3 Å². The Morgan fingerprint density at radius 1 is 1.06 bits per heavy atom. The highest BCUT2D eigenvalue weighted by atomic mass is 35.5. The first-order chi connectivity index (χ1) is 17.6. The lowest BCUT2D eigenvalue weighted by Crippen LogP contribution is -2.36. The van der Waals surface area contributed by atoms with Crippen molar-refractivity contribution in [2.24, 2.45) is 0 Å². The minimum absolute atomic E-state index is 0.0870. The fourth-order valence-electron chi connectivity index (χ4n) is 5.52. The van der Waals surface area contributed by atoms with Gasteiger partial charge in [-0.2, -0.15) is 0 Å². The SMILES string of the molecule is COc1cccc([C@H]2O[C@H](CCC(=O)NC3CCCCC3)c3cccn3-c3ccc(Cl)cc32)c1OC. The second-order valence-corrected chi connectivity index (χ2v) is 9.97. The first-order valence-electron chi connectivity index (χ1n) is 12.7. The number of nitrogens with zero attached hydrogens (tertiary/aromatic N) is 1. The van der Waals surface area contributed by atoms with Gasteiger partial charge in [-0.3, -0.25) is 4.79 Å². The van der Waals surface area contributed by atoms with E-state index in [-0.39, 0.29) is 12.0 Å². The monoisotopic (exact) mass is 508 g/mol. The molecule has 2 aliphatic rings. The topological polar surface area (TPSA) is 61.7 Å². The zero-order valence-electron chi connectivity index (χ0n) is 20.8. The molecule has 190 valence electrons. The van der Waals surface area contributed by atoms with Gasteiger partial charge in [0.05, 0.1) is 31.7 Å². The average Bonchev–Trinajstić information content (AvgIpc) is 3.34. The number of fused-ring (bicyclic) bond motifs is 3. The van der Waals surface area contributed by atoms with E-state index in [0.29, 0.717) is 35.4 Å². The molecule has 1 amide bonds. The molecule has 2 aromatic carbocycles. The van der Waals surface area contributed by atoms with Crippen LogP contribution in [0, 0.1) is 0 Å². The largest absolute Gasteiger partial charge is 0.493 e. The van der Waals surface area contributed by atoms with Crippen LogP contribution in [0.4, 0.5) is 0 Å². The molecule has 6 nitrogen and oxygen atoms in total. The van der Waals surface area contributed by atoms with Crippen molar-refractivity contribution in [2.45, 2.75) is 63.2 Å². The Labute approximate surface area is 217 Å². The Bertz CT molecular complexity index is 1220. The van der Waals surface area contributed by atoms with Gasteiger partial charge in [0.1, 0.15) is 6.10 Å². The van der Waals surface area contributed by atoms with Gasteiger partial charge in [0.2, 0.25) is 5.91 Å². The van der Waals surface area contributed by atoms with Gasteiger partial charge < -0.3 is 24.1 Å². The zero-order chi connectivity index (χ0) is 25.1. The van der Waals surface area contributed by atoms with Crippen LogP contribution in [-0.2, 0) is 9.53 Å². The zero-order valence-corrected chi connectivity index (χ0v) is 21.6. The Kier molecular flexibility index (Phi) is 7.54. The summed E-state index contributed by atoms with van der Waals surface area (Å²) in [5, 5.41) is 3.87. The summed E-state index contributed by atoms with van der Waals surface area (Å²) in [4.78, 5) is 12.9. The fourth-order valence-corrected chi connectivity index (χ4v) is 5.70. The molecule has 1 aliphatic carbocycles. The molecule has 1 fully saturated rings. The van der Waals surface area contributed by atoms with Crippen molar-refractivity contribution in [3.05, 3.63) is 76.6 Å². The van der Waals surface area contributed by atoms with Crippen LogP contribution in [0.3, 0.4) is 0 Å². The smallest absolute Gasteiger partial charge is 0.220 e. The summed E-state index contributed by atoms with van der Waals surface area (Å²) in [5.74, 6) is 1.34. The van der Waals surface area contributed by atoms with Gasteiger partial charge in [0.25, 0.3) is 0 Å². The highest BCUT2D eigenvalue weighted by Crippen LogP contribution is 2.46. The third kappa shape index (κ3) is 4.97. The van der Waals surface area contributed by atoms with Crippen molar-refractivity contribution in [2.75, 3.05) is 14.2 Å². The molecule has 0 saturated heterocycles. The van der Waals surface area contributed by atoms with Crippen molar-refractivity contribution in [3.8, 4) is 17.2 Å². The highest BCUT2D eigenvalue weighted by molar-refractivity contribution is 6.30. The Hall–Kier alpha value is -2.96. The summed E-state index contributed by atoms with van der Waals surface area (Å²) >= 11 is 6.47. The first-order valence-corrected chi connectivity index (χ1v) is 13.1. The number of para-hydroxylation sites is 1. The van der Waals surface area contributed by atoms with E-state index in [9.17, 15) is 4.79 Å². The number of ether oxygens (including phenoxy) is 3. The number of hydrogen-bond acceptors (Lipinski definition) is 4. The summed E-state index contributed by atoms with van der Waals surface area (Å²) in [6.07, 6.45) is 8.01. The summed E-state index contributed by atoms with van der Waals surface area (Å²) in [6, 6.07) is 16.0. The number of amides is 1. The number of rotatable bonds is 7. The van der Waals surface area contributed by atoms with Crippen LogP contribution in [0.5, 0.6) is 11.5 Å². The summed E-state index contributed by atoms with van der Waals surface area (Å²) < 4.78 is 20.3. The van der Waals surface area contributed by atoms with Gasteiger partial charge in [-0.15, -0.1) is 0 Å². The predicted octanol–water partition coefficient (Wildman–Crippen LogP) is 6.54. The molecule has 5 rings (SSSR count). The summed E-state index contributed by atoms with van der Waals surface area (Å²) in [5.41, 5.74) is 3.78. The summed E-state index contributed by atoms with van der Waals surface area (Å²) in [7, 11) is 3.26. The standard InChI is InChI=1S/C29H33ClN2O4/c1-34-26-12-6-10-21(29(26)35-2)28-22-18-19(30)13-14-23(22)32-17-7-11-24(32)25(36-28)15-16-27(33)31-20-8-4-3-5-9-20/h6-7,10-14,17-18,20,25,28H,3-5,8-9,15-16H2,1-2H3,(H,31,33)/t25-,28-/m1/s1. The van der Waals surface area contributed by atoms with Crippen LogP contribution in [0.1, 0.15) is 74.0 Å². The van der Waals surface area contributed by atoms with Gasteiger partial charge in [-0.1, -0.05) is 43.0 Å². The van der Waals surface area contributed by atoms with Gasteiger partial charge in [-0.25, -0.2) is 0 Å². The van der Waals surface area contributed by atoms with E-state index >= 15 is 0 Å². The minimum atomic E-state index is -0.463. The Morgan fingerprint density at radius 3 is 2.67 bits per heavy atom. The lowest BCUT2D eigenvalue weighted by Gasteiger charge is -2.26. The molecule has 3 aromatic rings. The molecule has 2 heterocycles. The third-order valence-electron chi connectivity index (χ3n) is 7.26. The van der Waals surface area contributed by atoms with Crippen LogP contribution in [0.2, 0.25) is 5.02 Å². The number of nitrogens with one attached hydrogen (secondary N) is 1. The maximum atomic E-state index is 12.9. The number of carbonyl (C=O) groups is 1. The molecule has 1 saturated carbocycles. The lowest BCUT2D eigenvalue weighted by atomic mass is 9.95. The predicted molar refractivity (Wildman–Crippen MR) is 140 cm³/mol. The number of methoxy groups -OCH3 is 2. The van der Waals surface area contributed by atoms with Crippen molar-refractivity contribution in [3.63, 3.8) is 0 Å². The van der Waals surface area contributed by atoms with Gasteiger partial charge in [0.15, 0.2) is 11.5 Å². The van der Waals surface area contributed by atoms with E-state index < -0.39 is 6.10 Å². The average molecular weight is 509 g/mol. The van der Waals surface area contributed by atoms with Crippen molar-refractivity contribution >= 4 is 17.5 Å². The first kappa shape index (κ1) is 24.7. The highest BCUT2D eigenvalue weighted by Gasteiger charge is 2.33. The summed E-state index contributed by atoms with van der Waals surface area (Å²) in [6.45, 7) is 0. The lowest BCUT2D eigenvalue weighted by molar-refractivity contribution is -0.123. The van der Waals surface area contributed by atoms with E-state index in [1.807, 2.05) is 48.7 Å². The number of benzene rings is 2. The van der Waals surface area contributed by atoms with Crippen LogP contribution in [0.25, 0.3) is 5.69 Å². The van der Waals surface area contributed by atoms with Crippen LogP contribution in [0.15, 0.2) is 54.7 Å². The quantitative estimate of drug-likeness (QED) is 0.393. The molecule has 1 N–H and O–H groups in total. The maximum Gasteiger partial charge on any atom is 0.220 e. The van der Waals surface area contributed by atoms with Crippen molar-refractivity contribution < 1.29 is 19.0 Å². The molecular weight excluding hydrogens is 476 g/mol. The van der Waals surface area contributed by atoms with Crippen LogP contribution < -0.4 is 14.8 Å². The van der Waals surface area contributed by atoms with Crippen molar-refractivity contribution in [1.29, 1.82) is 0 Å². The van der Waals surface area contributed by atoms with E-state index in [2.05, 4.69) is 16.0 Å². The van der Waals surface area contributed by atoms with Crippen molar-refractivity contribution in [1.82, 2.24) is 9.88 Å². The van der Waals surface area contributed by atoms with Crippen LogP contribution >= 0.6 is 11.6 Å². The molecular formula is C29H33ClN2O4. The Morgan fingerprint density at radius 2 is 1.89 bits per heavy atom. The number of hydrogen-bond donors (Lipinski definition) is 1. The molecule has 7 heteroatoms. The number of halogens is 1. The number of aromatic nitrogens is 1. The minimum Gasteiger partial charge on any atom is -0.493 e. The normalized spacial score (nSPS) is 19.6. The Balaban J connectivity index is 1.49. The fraction of sp³-hybridized carbons (Fsp3) is 0.414.